The van der Waals surface area contributed by atoms with Crippen LogP contribution in [0.15, 0.2) is 59.7 Å². The van der Waals surface area contributed by atoms with Crippen LogP contribution in [0.4, 0.5) is 0 Å². The number of hydrogen-bond acceptors (Lipinski definition) is 0. The van der Waals surface area contributed by atoms with Crippen molar-refractivity contribution in [3.63, 3.8) is 0 Å². The number of allylic oxidation sites excluding steroid dienone is 2. The zero-order chi connectivity index (χ0) is 48.1. The van der Waals surface area contributed by atoms with E-state index >= 15 is 0 Å². The van der Waals surface area contributed by atoms with Crippen molar-refractivity contribution in [2.24, 2.45) is 0 Å². The van der Waals surface area contributed by atoms with E-state index in [2.05, 4.69) is 104 Å². The number of benzene rings is 2. The van der Waals surface area contributed by atoms with Gasteiger partial charge in [0.05, 0.1) is 0 Å². The molecule has 0 saturated carbocycles. The summed E-state index contributed by atoms with van der Waals surface area (Å²) in [6.07, 6.45) is 52.4. The molecule has 3 heteroatoms. The van der Waals surface area contributed by atoms with Gasteiger partial charge in [0.25, 0.3) is 0 Å². The third-order valence-electron chi connectivity index (χ3n) is 13.7. The maximum Gasteiger partial charge on any atom is 2.00 e. The SMILES string of the molecule is CCCCCCCCC1=C(c2cccc(CCCCCCCC)c2)[N+](=[N-])C(c2cccc(CCCC)c2)=C1CCCC.[CH2-]CCCCCCCCCCC.[CH2-]CCCCCCCCCCC.[Pd+2]. The van der Waals surface area contributed by atoms with Gasteiger partial charge in [-0.1, -0.05) is 258 Å². The summed E-state index contributed by atoms with van der Waals surface area (Å²) in [5, 5.41) is 0. The summed E-state index contributed by atoms with van der Waals surface area (Å²) in [6, 6.07) is 18.1. The fraction of sp³-hybridized carbons (Fsp3) is 0.719. The van der Waals surface area contributed by atoms with Crippen LogP contribution in [-0.2, 0) is 33.3 Å². The van der Waals surface area contributed by atoms with Gasteiger partial charge < -0.3 is 19.4 Å². The van der Waals surface area contributed by atoms with Crippen molar-refractivity contribution in [1.29, 1.82) is 0 Å². The van der Waals surface area contributed by atoms with E-state index in [1.54, 1.807) is 4.70 Å². The molecule has 3 rings (SSSR count). The Hall–Kier alpha value is -1.82. The molecule has 0 aliphatic carbocycles. The van der Waals surface area contributed by atoms with Gasteiger partial charge in [-0.2, -0.15) is 12.8 Å². The third kappa shape index (κ3) is 31.9. The summed E-state index contributed by atoms with van der Waals surface area (Å²) in [4.78, 5) is 0. The molecule has 1 aliphatic heterocycles. The van der Waals surface area contributed by atoms with E-state index in [1.165, 1.54) is 233 Å². The molecular weight excluding hydrogens is 903 g/mol. The second-order valence-corrected chi connectivity index (χ2v) is 20.0. The van der Waals surface area contributed by atoms with Crippen molar-refractivity contribution < 1.29 is 25.1 Å². The van der Waals surface area contributed by atoms with Gasteiger partial charge in [0, 0.05) is 22.3 Å². The Bertz CT molecular complexity index is 1440. The van der Waals surface area contributed by atoms with E-state index in [9.17, 15) is 5.53 Å². The molecule has 0 spiro atoms. The quantitative estimate of drug-likeness (QED) is 0.0275. The second-order valence-electron chi connectivity index (χ2n) is 20.0. The van der Waals surface area contributed by atoms with Crippen LogP contribution in [0.2, 0.25) is 0 Å². The minimum atomic E-state index is 0. The molecule has 0 bridgehead atoms. The van der Waals surface area contributed by atoms with E-state index in [1.807, 2.05) is 0 Å². The number of hydrogen-bond donors (Lipinski definition) is 0. The first-order chi connectivity index (χ1) is 32.5. The van der Waals surface area contributed by atoms with Crippen LogP contribution >= 0.6 is 0 Å². The van der Waals surface area contributed by atoms with Crippen LogP contribution in [0.1, 0.15) is 308 Å². The van der Waals surface area contributed by atoms with Gasteiger partial charge in [-0.05, 0) is 86.8 Å². The minimum absolute atomic E-state index is 0. The third-order valence-corrected chi connectivity index (χ3v) is 13.7. The Morgan fingerprint density at radius 3 is 0.955 bits per heavy atom. The summed E-state index contributed by atoms with van der Waals surface area (Å²) in [6.45, 7) is 21.3. The molecule has 0 aromatic heterocycles. The summed E-state index contributed by atoms with van der Waals surface area (Å²) >= 11 is 0. The molecule has 0 radical (unpaired) electrons. The van der Waals surface area contributed by atoms with Gasteiger partial charge >= 0.3 is 20.4 Å². The molecule has 0 unspecified atom stereocenters. The molecule has 2 aromatic rings. The van der Waals surface area contributed by atoms with E-state index in [4.69, 9.17) is 0 Å². The molecule has 2 nitrogen and oxygen atoms in total. The van der Waals surface area contributed by atoms with Gasteiger partial charge in [-0.3, -0.25) is 0 Å². The average Bonchev–Trinajstić information content (AvgIpc) is 3.62. The number of nitrogens with zero attached hydrogens (tertiary/aromatic N) is 2. The molecule has 0 fully saturated rings. The Kier molecular flexibility index (Phi) is 46.5. The van der Waals surface area contributed by atoms with Gasteiger partial charge in [0.15, 0.2) is 0 Å². The predicted octanol–water partition coefficient (Wildman–Crippen LogP) is 22.5. The molecule has 0 amide bonds. The van der Waals surface area contributed by atoms with Crippen LogP contribution in [-0.4, -0.2) is 4.70 Å². The minimum Gasteiger partial charge on any atom is -0.493 e. The second kappa shape index (κ2) is 47.8. The molecule has 0 N–H and O–H groups in total. The zero-order valence-electron chi connectivity index (χ0n) is 45.5. The summed E-state index contributed by atoms with van der Waals surface area (Å²) in [5.41, 5.74) is 22.0. The average molecular weight is 1010 g/mol. The summed E-state index contributed by atoms with van der Waals surface area (Å²) < 4.78 is 1.58. The van der Waals surface area contributed by atoms with Crippen LogP contribution in [0, 0.1) is 13.8 Å². The summed E-state index contributed by atoms with van der Waals surface area (Å²) in [7, 11) is 0. The van der Waals surface area contributed by atoms with Gasteiger partial charge in [-0.25, -0.2) is 4.70 Å². The van der Waals surface area contributed by atoms with Crippen LogP contribution in [0.25, 0.3) is 16.9 Å². The first-order valence-electron chi connectivity index (χ1n) is 29.2. The van der Waals surface area contributed by atoms with Crippen molar-refractivity contribution in [1.82, 2.24) is 0 Å². The number of unbranched alkanes of at least 4 members (excludes halogenated alkanes) is 30. The maximum atomic E-state index is 12.0. The van der Waals surface area contributed by atoms with Crippen molar-refractivity contribution >= 4 is 11.4 Å². The fourth-order valence-electron chi connectivity index (χ4n) is 9.43. The molecule has 1 heterocycles. The van der Waals surface area contributed by atoms with Crippen molar-refractivity contribution in [2.45, 2.75) is 298 Å². The number of rotatable bonds is 40. The zero-order valence-corrected chi connectivity index (χ0v) is 47.1. The Morgan fingerprint density at radius 2 is 0.612 bits per heavy atom. The first-order valence-corrected chi connectivity index (χ1v) is 29.2. The van der Waals surface area contributed by atoms with Crippen LogP contribution in [0.3, 0.4) is 0 Å². The normalized spacial score (nSPS) is 12.3. The first kappa shape index (κ1) is 65.2. The van der Waals surface area contributed by atoms with E-state index < -0.39 is 0 Å². The molecular formula is C64H110N2Pd. The fourth-order valence-corrected chi connectivity index (χ4v) is 9.43. The Balaban J connectivity index is 0.00000143. The van der Waals surface area contributed by atoms with Crippen molar-refractivity contribution in [2.75, 3.05) is 0 Å². The molecule has 386 valence electrons. The van der Waals surface area contributed by atoms with E-state index in [0.717, 1.165) is 68.3 Å². The molecule has 1 aliphatic rings. The van der Waals surface area contributed by atoms with E-state index in [-0.39, 0.29) is 20.4 Å². The molecule has 0 atom stereocenters. The summed E-state index contributed by atoms with van der Waals surface area (Å²) in [5.74, 6) is 0. The maximum absolute atomic E-state index is 12.0. The van der Waals surface area contributed by atoms with Crippen LogP contribution < -0.4 is 0 Å². The van der Waals surface area contributed by atoms with E-state index in [0.29, 0.717) is 0 Å². The smallest absolute Gasteiger partial charge is 0.493 e. The monoisotopic (exact) mass is 1010 g/mol. The Labute approximate surface area is 433 Å². The predicted molar refractivity (Wildman–Crippen MR) is 298 cm³/mol. The van der Waals surface area contributed by atoms with Gasteiger partial charge in [0.2, 0.25) is 11.4 Å². The molecule has 67 heavy (non-hydrogen) atoms. The van der Waals surface area contributed by atoms with Crippen LogP contribution in [0.5, 0.6) is 0 Å². The Morgan fingerprint density at radius 1 is 0.343 bits per heavy atom. The van der Waals surface area contributed by atoms with Gasteiger partial charge in [0.1, 0.15) is 0 Å². The largest absolute Gasteiger partial charge is 2.00 e. The van der Waals surface area contributed by atoms with Gasteiger partial charge in [-0.15, -0.1) is 0 Å². The topological polar surface area (TPSA) is 25.3 Å². The number of aryl methyl sites for hydroxylation is 2. The molecule has 2 aromatic carbocycles. The standard InChI is InChI=1S/C40H60N2.2C12H25.Pd/c1-5-9-13-15-17-19-24-34-26-22-28-36(32-34)40-38(30-20-18-16-14-10-6-2)37(29-12-8-4)39(42(40)41)35-27-21-25-33(31-35)23-11-7-3;2*1-3-5-7-9-11-12-10-8-6-4-2;/h21-22,25-28,31-32H,5-20,23-24,29-30H2,1-4H3;2*1,3-12H2,2H3;/q;2*-1;+2. The van der Waals surface area contributed by atoms with Crippen molar-refractivity contribution in [3.8, 4) is 0 Å². The molecule has 0 saturated heterocycles. The van der Waals surface area contributed by atoms with Crippen molar-refractivity contribution in [3.05, 3.63) is 101 Å².